The van der Waals surface area contributed by atoms with Crippen LogP contribution in [0.1, 0.15) is 20.7 Å². The Morgan fingerprint density at radius 2 is 0.820 bits per heavy atom. The summed E-state index contributed by atoms with van der Waals surface area (Å²) in [6.07, 6.45) is 0. The number of carbonyl (C=O) groups excluding carboxylic acids is 4. The minimum Gasteiger partial charge on any atom is -0.496 e. The van der Waals surface area contributed by atoms with E-state index >= 15 is 0 Å². The first-order chi connectivity index (χ1) is 23.7. The number of ether oxygens (including phenoxy) is 2. The summed E-state index contributed by atoms with van der Waals surface area (Å²) < 4.78 is 63.4. The van der Waals surface area contributed by atoms with E-state index in [1.807, 2.05) is 9.44 Å². The van der Waals surface area contributed by atoms with Crippen molar-refractivity contribution in [3.63, 3.8) is 0 Å². The molecule has 0 aromatic heterocycles. The van der Waals surface area contributed by atoms with Gasteiger partial charge in [0.15, 0.2) is 0 Å². The van der Waals surface area contributed by atoms with Gasteiger partial charge in [-0.15, -0.1) is 0 Å². The van der Waals surface area contributed by atoms with Crippen LogP contribution in [0.15, 0.2) is 107 Å². The Hall–Kier alpha value is -6.14. The normalized spacial score (nSPS) is 10.6. The summed E-state index contributed by atoms with van der Waals surface area (Å²) in [6, 6.07) is 22.5. The van der Waals surface area contributed by atoms with E-state index in [-0.39, 0.29) is 32.4 Å². The van der Waals surface area contributed by atoms with Crippen LogP contribution in [-0.2, 0) is 20.0 Å². The second kappa shape index (κ2) is 17.3. The second-order valence-electron chi connectivity index (χ2n) is 9.73. The average Bonchev–Trinajstić information content (AvgIpc) is 3.11. The number of benzene rings is 4. The zero-order valence-electron chi connectivity index (χ0n) is 27.1. The highest BCUT2D eigenvalue weighted by Crippen LogP contribution is 2.21. The lowest BCUT2D eigenvalue weighted by Crippen LogP contribution is -2.31. The van der Waals surface area contributed by atoms with E-state index in [0.29, 0.717) is 11.4 Å². The van der Waals surface area contributed by atoms with E-state index in [9.17, 15) is 36.0 Å². The molecule has 0 aliphatic heterocycles. The zero-order valence-corrected chi connectivity index (χ0v) is 28.8. The van der Waals surface area contributed by atoms with E-state index in [0.717, 1.165) is 0 Å². The molecule has 0 unspecified atom stereocenters. The molecule has 16 nitrogen and oxygen atoms in total. The van der Waals surface area contributed by atoms with E-state index in [2.05, 4.69) is 21.3 Å². The first-order valence-corrected chi connectivity index (χ1v) is 17.3. The van der Waals surface area contributed by atoms with Crippen molar-refractivity contribution >= 4 is 55.3 Å². The minimum absolute atomic E-state index is 0.103. The Bertz CT molecular complexity index is 1910. The van der Waals surface area contributed by atoms with E-state index in [4.69, 9.17) is 9.47 Å². The molecule has 0 radical (unpaired) electrons. The van der Waals surface area contributed by atoms with Crippen molar-refractivity contribution in [2.75, 3.05) is 38.9 Å². The zero-order chi connectivity index (χ0) is 36.9. The largest absolute Gasteiger partial charge is 0.496 e. The molecule has 4 aromatic carbocycles. The molecular weight excluding hydrogens is 693 g/mol. The van der Waals surface area contributed by atoms with E-state index in [1.165, 1.54) is 89.0 Å². The number of hydrogen-bond acceptors (Lipinski definition) is 10. The fourth-order valence-corrected chi connectivity index (χ4v) is 5.89. The van der Waals surface area contributed by atoms with Crippen LogP contribution in [0.4, 0.5) is 21.0 Å². The molecule has 0 aliphatic carbocycles. The van der Waals surface area contributed by atoms with Crippen molar-refractivity contribution in [2.45, 2.75) is 9.79 Å². The highest BCUT2D eigenvalue weighted by Gasteiger charge is 2.22. The van der Waals surface area contributed by atoms with Gasteiger partial charge in [-0.3, -0.25) is 9.59 Å². The summed E-state index contributed by atoms with van der Waals surface area (Å²) in [7, 11) is -2.44. The molecule has 6 amide bonds. The van der Waals surface area contributed by atoms with Crippen LogP contribution in [0.3, 0.4) is 0 Å². The predicted octanol–water partition coefficient (Wildman–Crippen LogP) is 3.13. The SMILES string of the molecule is CNC(=O)Nc1ccc(S(=O)(=O)NC(=O)c2ccccc2OC)cc1.CNC(=O)Nc1ccc(S(=O)(=O)NC(=O)c2ccccc2OC)cc1. The average molecular weight is 727 g/mol. The Morgan fingerprint density at radius 1 is 0.500 bits per heavy atom. The van der Waals surface area contributed by atoms with Gasteiger partial charge in [-0.05, 0) is 72.8 Å². The van der Waals surface area contributed by atoms with Gasteiger partial charge in [-0.1, -0.05) is 24.3 Å². The molecule has 0 fully saturated rings. The molecule has 0 aliphatic rings. The molecule has 4 aromatic rings. The lowest BCUT2D eigenvalue weighted by atomic mass is 10.2. The highest BCUT2D eigenvalue weighted by atomic mass is 32.2. The fraction of sp³-hybridized carbons (Fsp3) is 0.125. The first-order valence-electron chi connectivity index (χ1n) is 14.3. The Labute approximate surface area is 288 Å². The number of nitrogens with one attached hydrogen (secondary N) is 6. The quantitative estimate of drug-likeness (QED) is 0.140. The van der Waals surface area contributed by atoms with Crippen molar-refractivity contribution in [1.82, 2.24) is 20.1 Å². The number of carbonyl (C=O) groups is 4. The molecule has 0 spiro atoms. The lowest BCUT2D eigenvalue weighted by molar-refractivity contribution is 0.0969. The molecular formula is C32H34N6O10S2. The summed E-state index contributed by atoms with van der Waals surface area (Å²) in [6.45, 7) is 0. The van der Waals surface area contributed by atoms with Gasteiger partial charge in [-0.2, -0.15) is 0 Å². The summed E-state index contributed by atoms with van der Waals surface area (Å²) in [5, 5.41) is 9.76. The van der Waals surface area contributed by atoms with Crippen molar-refractivity contribution in [2.24, 2.45) is 0 Å². The number of amides is 6. The summed E-state index contributed by atoms with van der Waals surface area (Å²) in [4.78, 5) is 46.7. The maximum Gasteiger partial charge on any atom is 0.318 e. The topological polar surface area (TPSA) is 227 Å². The molecule has 0 heterocycles. The third kappa shape index (κ3) is 10.4. The molecule has 0 saturated carbocycles. The van der Waals surface area contributed by atoms with Crippen molar-refractivity contribution in [3.05, 3.63) is 108 Å². The molecule has 264 valence electrons. The number of rotatable bonds is 10. The van der Waals surface area contributed by atoms with Gasteiger partial charge in [0.05, 0.1) is 35.1 Å². The van der Waals surface area contributed by atoms with Gasteiger partial charge in [0.1, 0.15) is 11.5 Å². The third-order valence-corrected chi connectivity index (χ3v) is 9.15. The van der Waals surface area contributed by atoms with E-state index in [1.54, 1.807) is 36.4 Å². The van der Waals surface area contributed by atoms with Crippen molar-refractivity contribution < 1.29 is 45.5 Å². The van der Waals surface area contributed by atoms with Crippen molar-refractivity contribution in [3.8, 4) is 11.5 Å². The maximum atomic E-state index is 12.3. The number of sulfonamides is 2. The van der Waals surface area contributed by atoms with Gasteiger partial charge in [0.2, 0.25) is 0 Å². The Kier molecular flexibility index (Phi) is 13.3. The first kappa shape index (κ1) is 38.3. The number of hydrogen-bond donors (Lipinski definition) is 6. The summed E-state index contributed by atoms with van der Waals surface area (Å²) in [5.74, 6) is -1.07. The molecule has 6 N–H and O–H groups in total. The second-order valence-corrected chi connectivity index (χ2v) is 13.1. The van der Waals surface area contributed by atoms with Gasteiger partial charge >= 0.3 is 12.1 Å². The van der Waals surface area contributed by atoms with Crippen LogP contribution in [0.25, 0.3) is 0 Å². The van der Waals surface area contributed by atoms with Gasteiger partial charge in [-0.25, -0.2) is 35.9 Å². The highest BCUT2D eigenvalue weighted by molar-refractivity contribution is 7.90. The van der Waals surface area contributed by atoms with Crippen LogP contribution in [0.5, 0.6) is 11.5 Å². The smallest absolute Gasteiger partial charge is 0.318 e. The van der Waals surface area contributed by atoms with Crippen LogP contribution in [0.2, 0.25) is 0 Å². The molecule has 4 rings (SSSR count). The van der Waals surface area contributed by atoms with Crippen LogP contribution < -0.4 is 40.2 Å². The molecule has 0 atom stereocenters. The molecule has 0 saturated heterocycles. The van der Waals surface area contributed by atoms with Crippen molar-refractivity contribution in [1.29, 1.82) is 0 Å². The van der Waals surface area contributed by atoms with Gasteiger partial charge in [0, 0.05) is 25.5 Å². The van der Waals surface area contributed by atoms with Gasteiger partial charge in [0.25, 0.3) is 31.9 Å². The number of anilines is 2. The van der Waals surface area contributed by atoms with Crippen LogP contribution in [0, 0.1) is 0 Å². The van der Waals surface area contributed by atoms with Gasteiger partial charge < -0.3 is 30.7 Å². The summed E-state index contributed by atoms with van der Waals surface area (Å²) >= 11 is 0. The molecule has 50 heavy (non-hydrogen) atoms. The summed E-state index contributed by atoms with van der Waals surface area (Å²) in [5.41, 5.74) is 1.03. The number of para-hydroxylation sites is 2. The third-order valence-electron chi connectivity index (χ3n) is 6.46. The predicted molar refractivity (Wildman–Crippen MR) is 184 cm³/mol. The molecule has 0 bridgehead atoms. The Morgan fingerprint density at radius 3 is 1.12 bits per heavy atom. The Balaban J connectivity index is 0.000000270. The fourth-order valence-electron chi connectivity index (χ4n) is 3.96. The molecule has 18 heteroatoms. The minimum atomic E-state index is -4.07. The standard InChI is InChI=1S/2C16H17N3O5S/c2*1-17-16(21)18-11-7-9-12(10-8-11)25(22,23)19-15(20)13-5-3-4-6-14(13)24-2/h2*3-10H,1-2H3,(H,19,20)(H2,17,18,21). The van der Waals surface area contributed by atoms with Crippen LogP contribution >= 0.6 is 0 Å². The number of urea groups is 2. The maximum absolute atomic E-state index is 12.3. The van der Waals surface area contributed by atoms with E-state index < -0.39 is 43.9 Å². The monoisotopic (exact) mass is 726 g/mol. The number of methoxy groups -OCH3 is 2. The van der Waals surface area contributed by atoms with Crippen LogP contribution in [-0.4, -0.2) is 69.0 Å². The lowest BCUT2D eigenvalue weighted by Gasteiger charge is -2.10.